The SMILES string of the molecule is Cl.NCCC(=O)N(Cc1cccc2ccccc12)C1CCCC1. The van der Waals surface area contributed by atoms with Crippen molar-refractivity contribution in [3.8, 4) is 0 Å². The largest absolute Gasteiger partial charge is 0.335 e. The predicted molar refractivity (Wildman–Crippen MR) is 97.7 cm³/mol. The highest BCUT2D eigenvalue weighted by atomic mass is 35.5. The van der Waals surface area contributed by atoms with E-state index in [1.807, 2.05) is 0 Å². The number of hydrogen-bond donors (Lipinski definition) is 1. The van der Waals surface area contributed by atoms with Gasteiger partial charge in [0, 0.05) is 25.6 Å². The summed E-state index contributed by atoms with van der Waals surface area (Å²) < 4.78 is 0. The summed E-state index contributed by atoms with van der Waals surface area (Å²) in [6, 6.07) is 15.1. The highest BCUT2D eigenvalue weighted by Gasteiger charge is 2.26. The number of carbonyl (C=O) groups is 1. The Balaban J connectivity index is 0.00000192. The fourth-order valence-electron chi connectivity index (χ4n) is 3.52. The Kier molecular flexibility index (Phi) is 6.43. The van der Waals surface area contributed by atoms with E-state index in [0.717, 1.165) is 12.8 Å². The molecule has 0 heterocycles. The molecule has 2 aromatic rings. The molecule has 1 aliphatic rings. The molecule has 0 aliphatic heterocycles. The second kappa shape index (κ2) is 8.32. The minimum absolute atomic E-state index is 0. The molecule has 0 unspecified atom stereocenters. The number of carbonyl (C=O) groups excluding carboxylic acids is 1. The molecule has 0 spiro atoms. The number of nitrogens with zero attached hydrogens (tertiary/aromatic N) is 1. The van der Waals surface area contributed by atoms with Gasteiger partial charge in [-0.25, -0.2) is 0 Å². The predicted octanol–water partition coefficient (Wildman–Crippen LogP) is 3.88. The lowest BCUT2D eigenvalue weighted by atomic mass is 10.0. The van der Waals surface area contributed by atoms with Crippen molar-refractivity contribution in [2.45, 2.75) is 44.7 Å². The number of nitrogens with two attached hydrogens (primary N) is 1. The second-order valence-corrected chi connectivity index (χ2v) is 6.14. The van der Waals surface area contributed by atoms with E-state index in [9.17, 15) is 4.79 Å². The highest BCUT2D eigenvalue weighted by Crippen LogP contribution is 2.27. The van der Waals surface area contributed by atoms with Gasteiger partial charge in [0.05, 0.1) is 0 Å². The normalized spacial score (nSPS) is 14.7. The molecule has 23 heavy (non-hydrogen) atoms. The fraction of sp³-hybridized carbons (Fsp3) is 0.421. The Morgan fingerprint density at radius 3 is 2.52 bits per heavy atom. The first-order chi connectivity index (χ1) is 10.8. The van der Waals surface area contributed by atoms with Gasteiger partial charge in [-0.15, -0.1) is 12.4 Å². The van der Waals surface area contributed by atoms with E-state index in [0.29, 0.717) is 25.6 Å². The van der Waals surface area contributed by atoms with Crippen molar-refractivity contribution in [2.75, 3.05) is 6.54 Å². The molecule has 1 amide bonds. The second-order valence-electron chi connectivity index (χ2n) is 6.14. The van der Waals surface area contributed by atoms with Gasteiger partial charge in [0.25, 0.3) is 0 Å². The fourth-order valence-corrected chi connectivity index (χ4v) is 3.52. The minimum Gasteiger partial charge on any atom is -0.335 e. The molecule has 0 bridgehead atoms. The van der Waals surface area contributed by atoms with Crippen LogP contribution in [0, 0.1) is 0 Å². The summed E-state index contributed by atoms with van der Waals surface area (Å²) >= 11 is 0. The number of rotatable bonds is 5. The third kappa shape index (κ3) is 4.04. The van der Waals surface area contributed by atoms with Crippen LogP contribution < -0.4 is 5.73 Å². The van der Waals surface area contributed by atoms with Crippen LogP contribution in [0.4, 0.5) is 0 Å². The lowest BCUT2D eigenvalue weighted by Crippen LogP contribution is -2.39. The maximum Gasteiger partial charge on any atom is 0.224 e. The van der Waals surface area contributed by atoms with E-state index in [1.165, 1.54) is 29.2 Å². The van der Waals surface area contributed by atoms with Crippen molar-refractivity contribution in [1.29, 1.82) is 0 Å². The Morgan fingerprint density at radius 2 is 1.78 bits per heavy atom. The molecule has 0 saturated heterocycles. The van der Waals surface area contributed by atoms with E-state index in [2.05, 4.69) is 47.4 Å². The van der Waals surface area contributed by atoms with Gasteiger partial charge in [0.15, 0.2) is 0 Å². The minimum atomic E-state index is 0. The van der Waals surface area contributed by atoms with Gasteiger partial charge >= 0.3 is 0 Å². The first kappa shape index (κ1) is 17.8. The monoisotopic (exact) mass is 332 g/mol. The molecule has 0 radical (unpaired) electrons. The van der Waals surface area contributed by atoms with Gasteiger partial charge in [-0.05, 0) is 29.2 Å². The van der Waals surface area contributed by atoms with E-state index < -0.39 is 0 Å². The summed E-state index contributed by atoms with van der Waals surface area (Å²) in [7, 11) is 0. The van der Waals surface area contributed by atoms with Crippen LogP contribution in [0.25, 0.3) is 10.8 Å². The summed E-state index contributed by atoms with van der Waals surface area (Å²) in [5.74, 6) is 0.197. The first-order valence-electron chi connectivity index (χ1n) is 8.26. The number of amides is 1. The zero-order valence-electron chi connectivity index (χ0n) is 13.4. The van der Waals surface area contributed by atoms with Gasteiger partial charge in [-0.1, -0.05) is 55.3 Å². The highest BCUT2D eigenvalue weighted by molar-refractivity contribution is 5.86. The molecule has 1 aliphatic carbocycles. The molecular weight excluding hydrogens is 308 g/mol. The van der Waals surface area contributed by atoms with E-state index >= 15 is 0 Å². The van der Waals surface area contributed by atoms with Crippen LogP contribution >= 0.6 is 12.4 Å². The lowest BCUT2D eigenvalue weighted by molar-refractivity contribution is -0.133. The van der Waals surface area contributed by atoms with Crippen LogP contribution in [-0.2, 0) is 11.3 Å². The molecule has 4 heteroatoms. The van der Waals surface area contributed by atoms with Crippen LogP contribution in [0.3, 0.4) is 0 Å². The van der Waals surface area contributed by atoms with Crippen LogP contribution in [0.2, 0.25) is 0 Å². The summed E-state index contributed by atoms with van der Waals surface area (Å²) in [6.45, 7) is 1.13. The van der Waals surface area contributed by atoms with E-state index in [4.69, 9.17) is 5.73 Å². The van der Waals surface area contributed by atoms with Crippen LogP contribution in [-0.4, -0.2) is 23.4 Å². The standard InChI is InChI=1S/C19H24N2O.ClH/c20-13-12-19(22)21(17-9-2-3-10-17)14-16-8-5-7-15-6-1-4-11-18(15)16;/h1,4-8,11,17H,2-3,9-10,12-14,20H2;1H. The van der Waals surface area contributed by atoms with Crippen molar-refractivity contribution in [3.05, 3.63) is 48.0 Å². The summed E-state index contributed by atoms with van der Waals surface area (Å²) in [4.78, 5) is 14.6. The lowest BCUT2D eigenvalue weighted by Gasteiger charge is -2.29. The van der Waals surface area contributed by atoms with E-state index in [-0.39, 0.29) is 18.3 Å². The molecule has 1 fully saturated rings. The number of halogens is 1. The smallest absolute Gasteiger partial charge is 0.224 e. The average Bonchev–Trinajstić information content (AvgIpc) is 3.07. The molecule has 0 aromatic heterocycles. The van der Waals surface area contributed by atoms with Crippen LogP contribution in [0.1, 0.15) is 37.7 Å². The van der Waals surface area contributed by atoms with Crippen molar-refractivity contribution in [1.82, 2.24) is 4.90 Å². The van der Waals surface area contributed by atoms with Crippen LogP contribution in [0.15, 0.2) is 42.5 Å². The molecule has 1 saturated carbocycles. The Bertz CT molecular complexity index is 647. The van der Waals surface area contributed by atoms with Gasteiger partial charge in [-0.2, -0.15) is 0 Å². The molecular formula is C19H25ClN2O. The number of fused-ring (bicyclic) bond motifs is 1. The molecule has 2 aromatic carbocycles. The van der Waals surface area contributed by atoms with Gasteiger partial charge < -0.3 is 10.6 Å². The van der Waals surface area contributed by atoms with E-state index in [1.54, 1.807) is 0 Å². The maximum atomic E-state index is 12.5. The topological polar surface area (TPSA) is 46.3 Å². The van der Waals surface area contributed by atoms with Gasteiger partial charge in [0.1, 0.15) is 0 Å². The quantitative estimate of drug-likeness (QED) is 0.903. The zero-order valence-corrected chi connectivity index (χ0v) is 14.2. The molecule has 0 atom stereocenters. The zero-order chi connectivity index (χ0) is 15.4. The van der Waals surface area contributed by atoms with Gasteiger partial charge in [-0.3, -0.25) is 4.79 Å². The van der Waals surface area contributed by atoms with Crippen molar-refractivity contribution in [2.24, 2.45) is 5.73 Å². The molecule has 124 valence electrons. The molecule has 3 nitrogen and oxygen atoms in total. The Hall–Kier alpha value is -1.58. The van der Waals surface area contributed by atoms with Crippen LogP contribution in [0.5, 0.6) is 0 Å². The molecule has 3 rings (SSSR count). The maximum absolute atomic E-state index is 12.5. The summed E-state index contributed by atoms with van der Waals surface area (Å²) in [5, 5.41) is 2.48. The summed E-state index contributed by atoms with van der Waals surface area (Å²) in [5.41, 5.74) is 6.83. The number of hydrogen-bond acceptors (Lipinski definition) is 2. The first-order valence-corrected chi connectivity index (χ1v) is 8.26. The van der Waals surface area contributed by atoms with Crippen molar-refractivity contribution in [3.63, 3.8) is 0 Å². The Morgan fingerprint density at radius 1 is 1.09 bits per heavy atom. The average molecular weight is 333 g/mol. The molecule has 2 N–H and O–H groups in total. The Labute approximate surface area is 144 Å². The van der Waals surface area contributed by atoms with Crippen molar-refractivity contribution >= 4 is 29.1 Å². The van der Waals surface area contributed by atoms with Crippen molar-refractivity contribution < 1.29 is 4.79 Å². The third-order valence-electron chi connectivity index (χ3n) is 4.66. The summed E-state index contributed by atoms with van der Waals surface area (Å²) in [6.07, 6.45) is 5.16. The third-order valence-corrected chi connectivity index (χ3v) is 4.66. The van der Waals surface area contributed by atoms with Gasteiger partial charge in [0.2, 0.25) is 5.91 Å². The number of benzene rings is 2.